The van der Waals surface area contributed by atoms with Gasteiger partial charge in [0, 0.05) is 25.7 Å². The molecular weight excluding hydrogens is 293 g/mol. The second-order valence-electron chi connectivity index (χ2n) is 5.57. The summed E-state index contributed by atoms with van der Waals surface area (Å²) in [7, 11) is 0.204. The van der Waals surface area contributed by atoms with E-state index in [4.69, 9.17) is 5.73 Å². The summed E-state index contributed by atoms with van der Waals surface area (Å²) in [4.78, 5) is 1.84. The van der Waals surface area contributed by atoms with Crippen molar-refractivity contribution in [3.8, 4) is 0 Å². The van der Waals surface area contributed by atoms with Gasteiger partial charge in [-0.25, -0.2) is 12.8 Å². The van der Waals surface area contributed by atoms with E-state index in [1.54, 1.807) is 6.07 Å². The third kappa shape index (κ3) is 3.42. The lowest BCUT2D eigenvalue weighted by molar-refractivity contribution is 0.196. The first-order chi connectivity index (χ1) is 9.86. The van der Waals surface area contributed by atoms with Crippen molar-refractivity contribution < 1.29 is 12.8 Å². The molecule has 0 aliphatic carbocycles. The van der Waals surface area contributed by atoms with E-state index >= 15 is 0 Å². The molecule has 1 aromatic carbocycles. The van der Waals surface area contributed by atoms with Gasteiger partial charge in [-0.3, -0.25) is 0 Å². The number of benzene rings is 1. The Morgan fingerprint density at radius 1 is 1.33 bits per heavy atom. The number of hydrogen-bond acceptors (Lipinski definition) is 4. The highest BCUT2D eigenvalue weighted by Crippen LogP contribution is 2.24. The van der Waals surface area contributed by atoms with Crippen LogP contribution in [-0.2, 0) is 16.6 Å². The number of halogens is 1. The molecule has 1 aromatic rings. The normalized spacial score (nSPS) is 18.3. The quantitative estimate of drug-likeness (QED) is 0.900. The van der Waals surface area contributed by atoms with Gasteiger partial charge in [-0.1, -0.05) is 6.07 Å². The first kappa shape index (κ1) is 16.4. The van der Waals surface area contributed by atoms with Crippen LogP contribution in [-0.4, -0.2) is 50.8 Å². The average Bonchev–Trinajstić information content (AvgIpc) is 2.46. The van der Waals surface area contributed by atoms with Gasteiger partial charge in [-0.05, 0) is 44.6 Å². The number of rotatable bonds is 4. The van der Waals surface area contributed by atoms with Gasteiger partial charge < -0.3 is 10.6 Å². The SMILES string of the molecule is CN(C)C1CCN(S(=O)(=O)c2ccc(CN)cc2F)CC1. The Bertz CT molecular complexity index is 596. The molecule has 0 saturated carbocycles. The first-order valence-corrected chi connectivity index (χ1v) is 8.45. The highest BCUT2D eigenvalue weighted by atomic mass is 32.2. The number of nitrogens with two attached hydrogens (primary N) is 1. The summed E-state index contributed by atoms with van der Waals surface area (Å²) in [5.41, 5.74) is 6.01. The smallest absolute Gasteiger partial charge is 0.245 e. The van der Waals surface area contributed by atoms with Gasteiger partial charge in [0.05, 0.1) is 0 Å². The number of hydrogen-bond donors (Lipinski definition) is 1. The molecule has 0 spiro atoms. The molecule has 2 rings (SSSR count). The summed E-state index contributed by atoms with van der Waals surface area (Å²) < 4.78 is 40.4. The number of sulfonamides is 1. The Kier molecular flexibility index (Phi) is 4.98. The molecule has 1 saturated heterocycles. The summed E-state index contributed by atoms with van der Waals surface area (Å²) >= 11 is 0. The predicted molar refractivity (Wildman–Crippen MR) is 79.8 cm³/mol. The Morgan fingerprint density at radius 3 is 2.43 bits per heavy atom. The molecule has 118 valence electrons. The lowest BCUT2D eigenvalue weighted by Gasteiger charge is -2.34. The van der Waals surface area contributed by atoms with Gasteiger partial charge in [0.1, 0.15) is 10.7 Å². The zero-order chi connectivity index (χ0) is 15.6. The van der Waals surface area contributed by atoms with Crippen molar-refractivity contribution in [2.24, 2.45) is 5.73 Å². The Hall–Kier alpha value is -1.02. The van der Waals surface area contributed by atoms with Crippen LogP contribution >= 0.6 is 0 Å². The topological polar surface area (TPSA) is 66.6 Å². The standard InChI is InChI=1S/C14H22FN3O2S/c1-17(2)12-5-7-18(8-6-12)21(19,20)14-4-3-11(10-16)9-13(14)15/h3-4,9,12H,5-8,10,16H2,1-2H3. The van der Waals surface area contributed by atoms with Gasteiger partial charge in [0.2, 0.25) is 10.0 Å². The van der Waals surface area contributed by atoms with Crippen molar-refractivity contribution >= 4 is 10.0 Å². The zero-order valence-corrected chi connectivity index (χ0v) is 13.2. The molecule has 5 nitrogen and oxygen atoms in total. The first-order valence-electron chi connectivity index (χ1n) is 7.01. The summed E-state index contributed by atoms with van der Waals surface area (Å²) in [6.07, 6.45) is 1.52. The van der Waals surface area contributed by atoms with Crippen molar-refractivity contribution in [3.63, 3.8) is 0 Å². The maximum atomic E-state index is 14.0. The summed E-state index contributed by atoms with van der Waals surface area (Å²) in [6.45, 7) is 1.03. The van der Waals surface area contributed by atoms with Crippen LogP contribution in [0.5, 0.6) is 0 Å². The second kappa shape index (κ2) is 6.39. The van der Waals surface area contributed by atoms with Crippen LogP contribution in [0.4, 0.5) is 4.39 Å². The van der Waals surface area contributed by atoms with E-state index in [0.717, 1.165) is 12.8 Å². The molecule has 0 bridgehead atoms. The van der Waals surface area contributed by atoms with Crippen molar-refractivity contribution in [3.05, 3.63) is 29.6 Å². The van der Waals surface area contributed by atoms with Crippen LogP contribution in [0.1, 0.15) is 18.4 Å². The van der Waals surface area contributed by atoms with Gasteiger partial charge in [-0.2, -0.15) is 4.31 Å². The fourth-order valence-electron chi connectivity index (χ4n) is 2.62. The molecule has 0 radical (unpaired) electrons. The summed E-state index contributed by atoms with van der Waals surface area (Å²) in [5.74, 6) is -0.729. The Labute approximate surface area is 125 Å². The third-order valence-corrected chi connectivity index (χ3v) is 5.94. The van der Waals surface area contributed by atoms with Crippen LogP contribution in [0.2, 0.25) is 0 Å². The van der Waals surface area contributed by atoms with E-state index in [1.165, 1.54) is 16.4 Å². The summed E-state index contributed by atoms with van der Waals surface area (Å²) in [5, 5.41) is 0. The minimum absolute atomic E-state index is 0.186. The fourth-order valence-corrected chi connectivity index (χ4v) is 4.13. The monoisotopic (exact) mass is 315 g/mol. The van der Waals surface area contributed by atoms with Gasteiger partial charge in [0.25, 0.3) is 0 Å². The van der Waals surface area contributed by atoms with E-state index in [9.17, 15) is 12.8 Å². The maximum absolute atomic E-state index is 14.0. The average molecular weight is 315 g/mol. The number of piperidine rings is 1. The Balaban J connectivity index is 2.19. The predicted octanol–water partition coefficient (Wildman–Crippen LogP) is 0.999. The zero-order valence-electron chi connectivity index (χ0n) is 12.4. The lowest BCUT2D eigenvalue weighted by atomic mass is 10.1. The second-order valence-corrected chi connectivity index (χ2v) is 7.47. The van der Waals surface area contributed by atoms with E-state index in [1.807, 2.05) is 14.1 Å². The molecule has 1 aliphatic rings. The van der Waals surface area contributed by atoms with Crippen LogP contribution in [0.3, 0.4) is 0 Å². The van der Waals surface area contributed by atoms with E-state index in [0.29, 0.717) is 24.7 Å². The molecule has 1 fully saturated rings. The maximum Gasteiger partial charge on any atom is 0.245 e. The number of nitrogens with zero attached hydrogens (tertiary/aromatic N) is 2. The van der Waals surface area contributed by atoms with Crippen LogP contribution in [0.15, 0.2) is 23.1 Å². The van der Waals surface area contributed by atoms with E-state index in [2.05, 4.69) is 4.90 Å². The molecule has 7 heteroatoms. The molecular formula is C14H22FN3O2S. The molecule has 21 heavy (non-hydrogen) atoms. The van der Waals surface area contributed by atoms with Crippen molar-refractivity contribution in [1.29, 1.82) is 0 Å². The van der Waals surface area contributed by atoms with Crippen LogP contribution in [0, 0.1) is 5.82 Å². The van der Waals surface area contributed by atoms with Crippen LogP contribution < -0.4 is 5.73 Å². The highest BCUT2D eigenvalue weighted by molar-refractivity contribution is 7.89. The third-order valence-electron chi connectivity index (χ3n) is 4.00. The van der Waals surface area contributed by atoms with Gasteiger partial charge in [0.15, 0.2) is 0 Å². The Morgan fingerprint density at radius 2 is 1.95 bits per heavy atom. The fraction of sp³-hybridized carbons (Fsp3) is 0.571. The molecule has 1 heterocycles. The van der Waals surface area contributed by atoms with Crippen LogP contribution in [0.25, 0.3) is 0 Å². The van der Waals surface area contributed by atoms with E-state index < -0.39 is 15.8 Å². The minimum Gasteiger partial charge on any atom is -0.326 e. The molecule has 0 atom stereocenters. The van der Waals surface area contributed by atoms with Gasteiger partial charge in [-0.15, -0.1) is 0 Å². The molecule has 0 aromatic heterocycles. The highest BCUT2D eigenvalue weighted by Gasteiger charge is 2.31. The largest absolute Gasteiger partial charge is 0.326 e. The van der Waals surface area contributed by atoms with E-state index in [-0.39, 0.29) is 11.4 Å². The molecule has 0 amide bonds. The molecule has 0 unspecified atom stereocenters. The summed E-state index contributed by atoms with van der Waals surface area (Å²) in [6, 6.07) is 4.44. The van der Waals surface area contributed by atoms with Crippen molar-refractivity contribution in [1.82, 2.24) is 9.21 Å². The van der Waals surface area contributed by atoms with Crippen molar-refractivity contribution in [2.45, 2.75) is 30.3 Å². The molecule has 2 N–H and O–H groups in total. The minimum atomic E-state index is -3.77. The van der Waals surface area contributed by atoms with Crippen molar-refractivity contribution in [2.75, 3.05) is 27.2 Å². The lowest BCUT2D eigenvalue weighted by Crippen LogP contribution is -2.44. The molecule has 1 aliphatic heterocycles. The van der Waals surface area contributed by atoms with Gasteiger partial charge >= 0.3 is 0 Å².